The number of hydrogen-bond acceptors (Lipinski definition) is 6. The molecule has 0 fully saturated rings. The lowest BCUT2D eigenvalue weighted by molar-refractivity contribution is 0.0152. The summed E-state index contributed by atoms with van der Waals surface area (Å²) in [5.41, 5.74) is 1.90. The van der Waals surface area contributed by atoms with E-state index in [1.165, 1.54) is 11.8 Å². The van der Waals surface area contributed by atoms with Crippen LogP contribution in [0.15, 0.2) is 40.1 Å². The van der Waals surface area contributed by atoms with Crippen molar-refractivity contribution in [1.29, 1.82) is 0 Å². The van der Waals surface area contributed by atoms with E-state index in [0.717, 1.165) is 16.5 Å². The summed E-state index contributed by atoms with van der Waals surface area (Å²) in [5, 5.41) is 19.4. The molecule has 1 atom stereocenters. The Morgan fingerprint density at radius 1 is 1.30 bits per heavy atom. The Morgan fingerprint density at radius 3 is 2.96 bits per heavy atom. The van der Waals surface area contributed by atoms with E-state index in [1.54, 1.807) is 0 Å². The topological polar surface area (TPSA) is 84.2 Å². The van der Waals surface area contributed by atoms with E-state index < -0.39 is 6.10 Å². The van der Waals surface area contributed by atoms with E-state index in [2.05, 4.69) is 15.2 Å². The summed E-state index contributed by atoms with van der Waals surface area (Å²) >= 11 is 1.32. The predicted molar refractivity (Wildman–Crippen MR) is 89.4 cm³/mol. The summed E-state index contributed by atoms with van der Waals surface area (Å²) in [6, 6.07) is 7.94. The predicted octanol–water partition coefficient (Wildman–Crippen LogP) is 3.10. The van der Waals surface area contributed by atoms with E-state index in [1.807, 2.05) is 44.3 Å². The Kier molecular flexibility index (Phi) is 5.00. The van der Waals surface area contributed by atoms with Gasteiger partial charge in [-0.3, -0.25) is 0 Å². The lowest BCUT2D eigenvalue weighted by atomic mass is 10.2. The Morgan fingerprint density at radius 2 is 2.13 bits per heavy atom. The maximum Gasteiger partial charge on any atom is 0.276 e. The van der Waals surface area contributed by atoms with Gasteiger partial charge in [0.2, 0.25) is 0 Å². The van der Waals surface area contributed by atoms with Gasteiger partial charge in [0.25, 0.3) is 11.1 Å². The molecule has 1 unspecified atom stereocenters. The highest BCUT2D eigenvalue weighted by Gasteiger charge is 2.15. The number of aliphatic hydroxyl groups is 1. The molecule has 0 aliphatic rings. The lowest BCUT2D eigenvalue weighted by Crippen LogP contribution is -2.20. The highest BCUT2D eigenvalue weighted by atomic mass is 32.2. The SMILES string of the molecule is CC(C)OCC(O)CSc1nnc(-c2c[nH]c3ccccc23)o1. The summed E-state index contributed by atoms with van der Waals surface area (Å²) in [5.74, 6) is 0.917. The third-order valence-corrected chi connectivity index (χ3v) is 4.21. The molecule has 7 heteroatoms. The number of thioether (sulfide) groups is 1. The van der Waals surface area contributed by atoms with Crippen molar-refractivity contribution in [3.8, 4) is 11.5 Å². The van der Waals surface area contributed by atoms with Crippen molar-refractivity contribution in [3.63, 3.8) is 0 Å². The smallest absolute Gasteiger partial charge is 0.276 e. The molecule has 6 nitrogen and oxygen atoms in total. The molecular formula is C16H19N3O3S. The van der Waals surface area contributed by atoms with Gasteiger partial charge in [-0.1, -0.05) is 30.0 Å². The minimum atomic E-state index is -0.564. The van der Waals surface area contributed by atoms with Crippen LogP contribution in [0.25, 0.3) is 22.4 Å². The number of aromatic amines is 1. The molecule has 0 saturated carbocycles. The fourth-order valence-corrected chi connectivity index (χ4v) is 2.81. The van der Waals surface area contributed by atoms with Gasteiger partial charge in [0, 0.05) is 22.9 Å². The number of ether oxygens (including phenoxy) is 1. The number of fused-ring (bicyclic) bond motifs is 1. The minimum absolute atomic E-state index is 0.103. The van der Waals surface area contributed by atoms with Gasteiger partial charge >= 0.3 is 0 Å². The van der Waals surface area contributed by atoms with Crippen molar-refractivity contribution >= 4 is 22.7 Å². The summed E-state index contributed by atoms with van der Waals surface area (Å²) in [4.78, 5) is 3.18. The van der Waals surface area contributed by atoms with Crippen molar-refractivity contribution in [2.24, 2.45) is 0 Å². The molecule has 3 rings (SSSR count). The van der Waals surface area contributed by atoms with Crippen LogP contribution in [0.5, 0.6) is 0 Å². The van der Waals surface area contributed by atoms with E-state index in [-0.39, 0.29) is 6.10 Å². The maximum absolute atomic E-state index is 9.85. The summed E-state index contributed by atoms with van der Waals surface area (Å²) in [7, 11) is 0. The normalized spacial score (nSPS) is 13.0. The van der Waals surface area contributed by atoms with Gasteiger partial charge in [-0.05, 0) is 19.9 Å². The zero-order chi connectivity index (χ0) is 16.2. The van der Waals surface area contributed by atoms with Gasteiger partial charge in [-0.2, -0.15) is 0 Å². The first kappa shape index (κ1) is 16.0. The summed E-state index contributed by atoms with van der Waals surface area (Å²) < 4.78 is 11.1. The zero-order valence-corrected chi connectivity index (χ0v) is 13.8. The number of rotatable bonds is 7. The Labute approximate surface area is 138 Å². The van der Waals surface area contributed by atoms with Gasteiger partial charge in [0.15, 0.2) is 0 Å². The molecule has 1 aromatic carbocycles. The second kappa shape index (κ2) is 7.16. The van der Waals surface area contributed by atoms with Gasteiger partial charge in [-0.15, -0.1) is 10.2 Å². The standard InChI is InChI=1S/C16H19N3O3S/c1-10(2)21-8-11(20)9-23-16-19-18-15(22-16)13-7-17-14-6-4-3-5-12(13)14/h3-7,10-11,17,20H,8-9H2,1-2H3. The van der Waals surface area contributed by atoms with Gasteiger partial charge in [0.1, 0.15) is 0 Å². The molecule has 0 saturated heterocycles. The first-order chi connectivity index (χ1) is 11.1. The summed E-state index contributed by atoms with van der Waals surface area (Å²) in [6.07, 6.45) is 1.40. The third kappa shape index (κ3) is 3.93. The second-order valence-corrected chi connectivity index (χ2v) is 6.44. The number of H-pyrrole nitrogens is 1. The molecule has 2 N–H and O–H groups in total. The first-order valence-corrected chi connectivity index (χ1v) is 8.44. The first-order valence-electron chi connectivity index (χ1n) is 7.46. The number of aliphatic hydroxyl groups excluding tert-OH is 1. The molecule has 2 aromatic heterocycles. The van der Waals surface area contributed by atoms with Crippen LogP contribution in [0.1, 0.15) is 13.8 Å². The molecule has 3 aromatic rings. The molecule has 122 valence electrons. The summed E-state index contributed by atoms with van der Waals surface area (Å²) in [6.45, 7) is 4.17. The van der Waals surface area contributed by atoms with Crippen LogP contribution in [-0.4, -0.2) is 44.9 Å². The molecule has 0 spiro atoms. The van der Waals surface area contributed by atoms with Crippen molar-refractivity contribution in [2.45, 2.75) is 31.3 Å². The van der Waals surface area contributed by atoms with Crippen LogP contribution in [0, 0.1) is 0 Å². The lowest BCUT2D eigenvalue weighted by Gasteiger charge is -2.11. The molecular weight excluding hydrogens is 314 g/mol. The van der Waals surface area contributed by atoms with Crippen LogP contribution >= 0.6 is 11.8 Å². The van der Waals surface area contributed by atoms with Gasteiger partial charge in [0.05, 0.1) is 24.4 Å². The second-order valence-electron chi connectivity index (χ2n) is 5.47. The van der Waals surface area contributed by atoms with E-state index in [4.69, 9.17) is 9.15 Å². The number of para-hydroxylation sites is 1. The van der Waals surface area contributed by atoms with E-state index in [0.29, 0.717) is 23.5 Å². The Balaban J connectivity index is 1.64. The fraction of sp³-hybridized carbons (Fsp3) is 0.375. The fourth-order valence-electron chi connectivity index (χ4n) is 2.14. The van der Waals surface area contributed by atoms with Crippen molar-refractivity contribution in [3.05, 3.63) is 30.5 Å². The van der Waals surface area contributed by atoms with Gasteiger partial charge in [-0.25, -0.2) is 0 Å². The van der Waals surface area contributed by atoms with E-state index in [9.17, 15) is 5.11 Å². The highest BCUT2D eigenvalue weighted by molar-refractivity contribution is 7.99. The van der Waals surface area contributed by atoms with Crippen LogP contribution in [0.2, 0.25) is 0 Å². The number of hydrogen-bond donors (Lipinski definition) is 2. The average molecular weight is 333 g/mol. The van der Waals surface area contributed by atoms with Crippen LogP contribution in [0.3, 0.4) is 0 Å². The van der Waals surface area contributed by atoms with Gasteiger partial charge < -0.3 is 19.2 Å². The Hall–Kier alpha value is -1.83. The minimum Gasteiger partial charge on any atom is -0.411 e. The zero-order valence-electron chi connectivity index (χ0n) is 13.0. The monoisotopic (exact) mass is 333 g/mol. The average Bonchev–Trinajstić information content (AvgIpc) is 3.17. The largest absolute Gasteiger partial charge is 0.411 e. The molecule has 23 heavy (non-hydrogen) atoms. The number of aromatic nitrogens is 3. The molecule has 2 heterocycles. The molecule has 0 bridgehead atoms. The van der Waals surface area contributed by atoms with Crippen LogP contribution < -0.4 is 0 Å². The van der Waals surface area contributed by atoms with Crippen molar-refractivity contribution in [1.82, 2.24) is 15.2 Å². The molecule has 0 radical (unpaired) electrons. The van der Waals surface area contributed by atoms with Crippen LogP contribution in [0.4, 0.5) is 0 Å². The quantitative estimate of drug-likeness (QED) is 0.646. The highest BCUT2D eigenvalue weighted by Crippen LogP contribution is 2.29. The van der Waals surface area contributed by atoms with E-state index >= 15 is 0 Å². The number of nitrogens with one attached hydrogen (secondary N) is 1. The molecule has 0 aliphatic heterocycles. The van der Waals surface area contributed by atoms with Crippen molar-refractivity contribution < 1.29 is 14.3 Å². The Bertz CT molecular complexity index is 769. The molecule has 0 amide bonds. The number of benzene rings is 1. The van der Waals surface area contributed by atoms with Crippen molar-refractivity contribution in [2.75, 3.05) is 12.4 Å². The maximum atomic E-state index is 9.85. The molecule has 0 aliphatic carbocycles. The number of nitrogens with zero attached hydrogens (tertiary/aromatic N) is 2. The third-order valence-electron chi connectivity index (χ3n) is 3.25. The van der Waals surface area contributed by atoms with Crippen LogP contribution in [-0.2, 0) is 4.74 Å².